The molecule has 8 heteroatoms. The number of aryl methyl sites for hydroxylation is 2. The fourth-order valence-corrected chi connectivity index (χ4v) is 4.16. The SMILES string of the molecule is Cc1nn(C)c2cc(-c3ccc(F)cc3)nc(NC3CCCC(C(F)(F)F)C3)c12. The first kappa shape index (κ1) is 19.7. The molecule has 1 aromatic carbocycles. The van der Waals surface area contributed by atoms with Crippen molar-refractivity contribution in [1.29, 1.82) is 0 Å². The number of anilines is 1. The number of rotatable bonds is 3. The zero-order valence-corrected chi connectivity index (χ0v) is 16.2. The van der Waals surface area contributed by atoms with Gasteiger partial charge in [-0.05, 0) is 56.5 Å². The first-order valence-corrected chi connectivity index (χ1v) is 9.66. The van der Waals surface area contributed by atoms with E-state index in [2.05, 4.69) is 15.4 Å². The second-order valence-electron chi connectivity index (χ2n) is 7.71. The summed E-state index contributed by atoms with van der Waals surface area (Å²) in [5, 5.41) is 8.51. The van der Waals surface area contributed by atoms with Crippen molar-refractivity contribution in [3.05, 3.63) is 41.8 Å². The summed E-state index contributed by atoms with van der Waals surface area (Å²) in [5.74, 6) is -1.11. The quantitative estimate of drug-likeness (QED) is 0.575. The van der Waals surface area contributed by atoms with Crippen LogP contribution in [0.2, 0.25) is 0 Å². The Labute approximate surface area is 165 Å². The molecule has 1 N–H and O–H groups in total. The van der Waals surface area contributed by atoms with Gasteiger partial charge >= 0.3 is 6.18 Å². The van der Waals surface area contributed by atoms with Gasteiger partial charge in [0.15, 0.2) is 0 Å². The smallest absolute Gasteiger partial charge is 0.367 e. The normalized spacial score (nSPS) is 20.2. The zero-order chi connectivity index (χ0) is 20.8. The van der Waals surface area contributed by atoms with Crippen LogP contribution in [0.4, 0.5) is 23.4 Å². The minimum Gasteiger partial charge on any atom is -0.367 e. The lowest BCUT2D eigenvalue weighted by Crippen LogP contribution is -2.34. The number of hydrogen-bond donors (Lipinski definition) is 1. The second-order valence-corrected chi connectivity index (χ2v) is 7.71. The Morgan fingerprint density at radius 2 is 1.86 bits per heavy atom. The Balaban J connectivity index is 1.73. The molecule has 3 aromatic rings. The average molecular weight is 406 g/mol. The summed E-state index contributed by atoms with van der Waals surface area (Å²) < 4.78 is 54.6. The molecule has 0 aliphatic heterocycles. The molecule has 1 saturated carbocycles. The summed E-state index contributed by atoms with van der Waals surface area (Å²) in [5.41, 5.74) is 2.92. The monoisotopic (exact) mass is 406 g/mol. The van der Waals surface area contributed by atoms with Crippen molar-refractivity contribution < 1.29 is 17.6 Å². The molecule has 29 heavy (non-hydrogen) atoms. The molecule has 1 fully saturated rings. The summed E-state index contributed by atoms with van der Waals surface area (Å²) >= 11 is 0. The highest BCUT2D eigenvalue weighted by Gasteiger charge is 2.42. The van der Waals surface area contributed by atoms with Crippen LogP contribution in [0, 0.1) is 18.7 Å². The Hall–Kier alpha value is -2.64. The van der Waals surface area contributed by atoms with Gasteiger partial charge in [0.05, 0.1) is 28.2 Å². The molecule has 0 bridgehead atoms. The highest BCUT2D eigenvalue weighted by Crippen LogP contribution is 2.39. The predicted octanol–water partition coefficient (Wildman–Crippen LogP) is 5.62. The van der Waals surface area contributed by atoms with Crippen molar-refractivity contribution in [2.24, 2.45) is 13.0 Å². The van der Waals surface area contributed by atoms with Gasteiger partial charge in [-0.3, -0.25) is 4.68 Å². The minimum atomic E-state index is -4.18. The van der Waals surface area contributed by atoms with Crippen LogP contribution >= 0.6 is 0 Å². The molecule has 0 saturated heterocycles. The fraction of sp³-hybridized carbons (Fsp3) is 0.429. The third-order valence-corrected chi connectivity index (χ3v) is 5.63. The zero-order valence-electron chi connectivity index (χ0n) is 16.2. The third kappa shape index (κ3) is 3.93. The number of benzene rings is 1. The van der Waals surface area contributed by atoms with Crippen LogP contribution in [0.15, 0.2) is 30.3 Å². The van der Waals surface area contributed by atoms with Gasteiger partial charge in [-0.2, -0.15) is 18.3 Å². The predicted molar refractivity (Wildman–Crippen MR) is 104 cm³/mol. The first-order valence-electron chi connectivity index (χ1n) is 9.66. The van der Waals surface area contributed by atoms with Crippen LogP contribution in [0.5, 0.6) is 0 Å². The van der Waals surface area contributed by atoms with E-state index in [0.29, 0.717) is 24.4 Å². The molecule has 1 aliphatic carbocycles. The van der Waals surface area contributed by atoms with Gasteiger partial charge < -0.3 is 5.32 Å². The Bertz CT molecular complexity index is 1020. The van der Waals surface area contributed by atoms with Crippen LogP contribution in [0.25, 0.3) is 22.2 Å². The largest absolute Gasteiger partial charge is 0.391 e. The van der Waals surface area contributed by atoms with E-state index < -0.39 is 12.1 Å². The van der Waals surface area contributed by atoms with Crippen LogP contribution in [0.1, 0.15) is 31.4 Å². The molecule has 0 amide bonds. The van der Waals surface area contributed by atoms with Crippen molar-refractivity contribution in [1.82, 2.24) is 14.8 Å². The van der Waals surface area contributed by atoms with Crippen molar-refractivity contribution in [3.63, 3.8) is 0 Å². The molecule has 1 aliphatic rings. The van der Waals surface area contributed by atoms with Crippen LogP contribution < -0.4 is 5.32 Å². The number of alkyl halides is 3. The Morgan fingerprint density at radius 3 is 2.55 bits per heavy atom. The highest BCUT2D eigenvalue weighted by atomic mass is 19.4. The molecular formula is C21H22F4N4. The molecule has 0 spiro atoms. The molecule has 154 valence electrons. The van der Waals surface area contributed by atoms with Gasteiger partial charge in [0.1, 0.15) is 11.6 Å². The van der Waals surface area contributed by atoms with Crippen molar-refractivity contribution in [3.8, 4) is 11.3 Å². The fourth-order valence-electron chi connectivity index (χ4n) is 4.16. The van der Waals surface area contributed by atoms with Crippen molar-refractivity contribution in [2.45, 2.75) is 44.8 Å². The van der Waals surface area contributed by atoms with E-state index in [-0.39, 0.29) is 24.7 Å². The summed E-state index contributed by atoms with van der Waals surface area (Å²) in [6.07, 6.45) is -2.79. The van der Waals surface area contributed by atoms with E-state index in [0.717, 1.165) is 22.2 Å². The standard InChI is InChI=1S/C21H22F4N4/c1-12-19-18(29(2)28-12)11-17(13-6-8-15(22)9-7-13)27-20(19)26-16-5-3-4-14(10-16)21(23,24)25/h6-9,11,14,16H,3-5,10H2,1-2H3,(H,26,27). The van der Waals surface area contributed by atoms with E-state index in [1.165, 1.54) is 12.1 Å². The van der Waals surface area contributed by atoms with Crippen LogP contribution in [0.3, 0.4) is 0 Å². The summed E-state index contributed by atoms with van der Waals surface area (Å²) in [6, 6.07) is 7.55. The Kier molecular flexibility index (Phi) is 4.96. The second kappa shape index (κ2) is 7.31. The maximum atomic E-state index is 13.3. The maximum Gasteiger partial charge on any atom is 0.391 e. The van der Waals surface area contributed by atoms with E-state index >= 15 is 0 Å². The molecule has 4 rings (SSSR count). The number of nitrogens with one attached hydrogen (secondary N) is 1. The number of aromatic nitrogens is 3. The lowest BCUT2D eigenvalue weighted by atomic mass is 9.85. The lowest BCUT2D eigenvalue weighted by molar-refractivity contribution is -0.182. The molecular weight excluding hydrogens is 384 g/mol. The van der Waals surface area contributed by atoms with Gasteiger partial charge in [-0.25, -0.2) is 9.37 Å². The number of hydrogen-bond acceptors (Lipinski definition) is 3. The topological polar surface area (TPSA) is 42.7 Å². The minimum absolute atomic E-state index is 0.0345. The molecule has 2 unspecified atom stereocenters. The molecule has 2 heterocycles. The van der Waals surface area contributed by atoms with E-state index in [1.54, 1.807) is 16.8 Å². The number of pyridine rings is 1. The van der Waals surface area contributed by atoms with E-state index in [1.807, 2.05) is 20.0 Å². The van der Waals surface area contributed by atoms with Crippen molar-refractivity contribution in [2.75, 3.05) is 5.32 Å². The van der Waals surface area contributed by atoms with Crippen molar-refractivity contribution >= 4 is 16.7 Å². The number of nitrogens with zero attached hydrogens (tertiary/aromatic N) is 3. The number of fused-ring (bicyclic) bond motifs is 1. The van der Waals surface area contributed by atoms with Gasteiger partial charge in [-0.1, -0.05) is 6.42 Å². The highest BCUT2D eigenvalue weighted by molar-refractivity contribution is 5.94. The summed E-state index contributed by atoms with van der Waals surface area (Å²) in [4.78, 5) is 4.69. The van der Waals surface area contributed by atoms with Gasteiger partial charge in [0, 0.05) is 18.7 Å². The van der Waals surface area contributed by atoms with Gasteiger partial charge in [0.2, 0.25) is 0 Å². The molecule has 0 radical (unpaired) electrons. The first-order chi connectivity index (χ1) is 13.7. The summed E-state index contributed by atoms with van der Waals surface area (Å²) in [7, 11) is 1.81. The molecule has 4 nitrogen and oxygen atoms in total. The lowest BCUT2D eigenvalue weighted by Gasteiger charge is -2.31. The number of halogens is 4. The maximum absolute atomic E-state index is 13.3. The average Bonchev–Trinajstić information content (AvgIpc) is 2.96. The van der Waals surface area contributed by atoms with Crippen LogP contribution in [-0.2, 0) is 7.05 Å². The van der Waals surface area contributed by atoms with E-state index in [4.69, 9.17) is 0 Å². The van der Waals surface area contributed by atoms with Gasteiger partial charge in [0.25, 0.3) is 0 Å². The molecule has 2 atom stereocenters. The van der Waals surface area contributed by atoms with Crippen LogP contribution in [-0.4, -0.2) is 27.0 Å². The molecule has 2 aromatic heterocycles. The summed E-state index contributed by atoms with van der Waals surface area (Å²) in [6.45, 7) is 1.85. The third-order valence-electron chi connectivity index (χ3n) is 5.63. The van der Waals surface area contributed by atoms with E-state index in [9.17, 15) is 17.6 Å². The van der Waals surface area contributed by atoms with Gasteiger partial charge in [-0.15, -0.1) is 0 Å². The Morgan fingerprint density at radius 1 is 1.14 bits per heavy atom.